The minimum atomic E-state index is -1.11. The Bertz CT molecular complexity index is 1400. The Labute approximate surface area is 297 Å². The van der Waals surface area contributed by atoms with Crippen molar-refractivity contribution in [2.45, 2.75) is 128 Å². The van der Waals surface area contributed by atoms with Gasteiger partial charge in [-0.15, -0.1) is 0 Å². The second-order valence-electron chi connectivity index (χ2n) is 13.0. The van der Waals surface area contributed by atoms with Gasteiger partial charge in [0, 0.05) is 0 Å². The fourth-order valence-electron chi connectivity index (χ4n) is 6.20. The van der Waals surface area contributed by atoms with Gasteiger partial charge in [-0.1, -0.05) is 139 Å². The van der Waals surface area contributed by atoms with E-state index in [1.54, 1.807) is 78.9 Å². The average molecular weight is 687 g/mol. The molecule has 1 aliphatic rings. The molecule has 1 unspecified atom stereocenters. The Morgan fingerprint density at radius 2 is 1.02 bits per heavy atom. The summed E-state index contributed by atoms with van der Waals surface area (Å²) in [6, 6.07) is 25.8. The van der Waals surface area contributed by atoms with E-state index in [0.717, 1.165) is 32.1 Å². The molecule has 5 atom stereocenters. The zero-order chi connectivity index (χ0) is 35.4. The maximum atomic E-state index is 13.4. The van der Waals surface area contributed by atoms with Crippen molar-refractivity contribution in [3.05, 3.63) is 108 Å². The van der Waals surface area contributed by atoms with E-state index in [9.17, 15) is 14.4 Å². The van der Waals surface area contributed by atoms with Crippen LogP contribution in [0.15, 0.2) is 91.0 Å². The van der Waals surface area contributed by atoms with E-state index in [1.807, 2.05) is 12.1 Å². The van der Waals surface area contributed by atoms with Crippen LogP contribution in [0.25, 0.3) is 0 Å². The molecular weight excluding hydrogens is 632 g/mol. The standard InChI is InChI=1S/C42H54O8/c1-3-5-6-7-8-9-10-11-12-22-30-35(23-4-2)47-42-38(50-41(45)34-28-20-15-21-29-34)37(49-40(44)33-26-18-14-19-27-33)36(48-42)31-46-39(43)32-24-16-13-17-25-32/h13-21,24-29,35-38,42H,3-12,22-23,30-31H2,1-2H3/t35?,36-,37-,38-,42+/m1/s1. The lowest BCUT2D eigenvalue weighted by Gasteiger charge is -2.27. The van der Waals surface area contributed by atoms with Crippen LogP contribution in [-0.4, -0.2) is 55.2 Å². The van der Waals surface area contributed by atoms with Crippen LogP contribution in [0, 0.1) is 0 Å². The summed E-state index contributed by atoms with van der Waals surface area (Å²) in [6.07, 6.45) is 10.5. The molecule has 0 N–H and O–H groups in total. The lowest BCUT2D eigenvalue weighted by atomic mass is 10.0. The molecule has 0 aliphatic carbocycles. The minimum absolute atomic E-state index is 0.159. The molecule has 270 valence electrons. The summed E-state index contributed by atoms with van der Waals surface area (Å²) < 4.78 is 30.7. The first-order valence-corrected chi connectivity index (χ1v) is 18.5. The topological polar surface area (TPSA) is 97.4 Å². The minimum Gasteiger partial charge on any atom is -0.459 e. The molecule has 50 heavy (non-hydrogen) atoms. The van der Waals surface area contributed by atoms with Crippen LogP contribution in [0.4, 0.5) is 0 Å². The van der Waals surface area contributed by atoms with Crippen molar-refractivity contribution in [1.29, 1.82) is 0 Å². The highest BCUT2D eigenvalue weighted by Crippen LogP contribution is 2.32. The Morgan fingerprint density at radius 3 is 1.52 bits per heavy atom. The summed E-state index contributed by atoms with van der Waals surface area (Å²) in [4.78, 5) is 39.7. The monoisotopic (exact) mass is 686 g/mol. The number of benzene rings is 3. The third-order valence-corrected chi connectivity index (χ3v) is 8.98. The molecule has 3 aromatic rings. The van der Waals surface area contributed by atoms with E-state index in [1.165, 1.54) is 51.4 Å². The SMILES string of the molecule is CCCCCCCCCCCCC(CCC)O[C@H]1O[C@H](COC(=O)c2ccccc2)[C@@H](OC(=O)c2ccccc2)[C@H]1OC(=O)c1ccccc1. The van der Waals surface area contributed by atoms with Crippen LogP contribution in [0.5, 0.6) is 0 Å². The fourth-order valence-corrected chi connectivity index (χ4v) is 6.20. The molecule has 8 nitrogen and oxygen atoms in total. The molecule has 0 spiro atoms. The Kier molecular flexibility index (Phi) is 17.0. The Balaban J connectivity index is 1.48. The maximum absolute atomic E-state index is 13.4. The third-order valence-electron chi connectivity index (χ3n) is 8.98. The van der Waals surface area contributed by atoms with Crippen LogP contribution < -0.4 is 0 Å². The van der Waals surface area contributed by atoms with Crippen LogP contribution in [-0.2, 0) is 23.7 Å². The molecule has 1 saturated heterocycles. The van der Waals surface area contributed by atoms with E-state index >= 15 is 0 Å². The van der Waals surface area contributed by atoms with Gasteiger partial charge in [-0.3, -0.25) is 0 Å². The zero-order valence-electron chi connectivity index (χ0n) is 29.7. The molecule has 1 heterocycles. The van der Waals surface area contributed by atoms with Crippen molar-refractivity contribution in [3.63, 3.8) is 0 Å². The highest BCUT2D eigenvalue weighted by Gasteiger charge is 2.51. The summed E-state index contributed by atoms with van der Waals surface area (Å²) in [5.41, 5.74) is 1.05. The average Bonchev–Trinajstić information content (AvgIpc) is 3.46. The molecule has 8 heteroatoms. The summed E-state index contributed by atoms with van der Waals surface area (Å²) in [7, 11) is 0. The van der Waals surface area contributed by atoms with Crippen molar-refractivity contribution < 1.29 is 38.1 Å². The number of hydrogen-bond acceptors (Lipinski definition) is 8. The van der Waals surface area contributed by atoms with Gasteiger partial charge in [0.05, 0.1) is 22.8 Å². The van der Waals surface area contributed by atoms with Gasteiger partial charge in [0.25, 0.3) is 0 Å². The van der Waals surface area contributed by atoms with Crippen LogP contribution >= 0.6 is 0 Å². The molecule has 1 fully saturated rings. The van der Waals surface area contributed by atoms with E-state index in [2.05, 4.69) is 13.8 Å². The molecule has 1 aliphatic heterocycles. The highest BCUT2D eigenvalue weighted by atomic mass is 16.7. The van der Waals surface area contributed by atoms with Crippen LogP contribution in [0.3, 0.4) is 0 Å². The Hall–Kier alpha value is -4.01. The molecule has 0 amide bonds. The van der Waals surface area contributed by atoms with Crippen molar-refractivity contribution in [1.82, 2.24) is 0 Å². The lowest BCUT2D eigenvalue weighted by molar-refractivity contribution is -0.196. The molecule has 0 bridgehead atoms. The van der Waals surface area contributed by atoms with Gasteiger partial charge in [0.15, 0.2) is 18.5 Å². The number of carbonyl (C=O) groups excluding carboxylic acids is 3. The van der Waals surface area contributed by atoms with Gasteiger partial charge in [-0.2, -0.15) is 0 Å². The summed E-state index contributed by atoms with van der Waals surface area (Å²) >= 11 is 0. The third kappa shape index (κ3) is 12.7. The predicted molar refractivity (Wildman–Crippen MR) is 193 cm³/mol. The van der Waals surface area contributed by atoms with Crippen molar-refractivity contribution in [2.75, 3.05) is 6.61 Å². The van der Waals surface area contributed by atoms with Gasteiger partial charge >= 0.3 is 17.9 Å². The van der Waals surface area contributed by atoms with Crippen molar-refractivity contribution >= 4 is 17.9 Å². The first-order valence-electron chi connectivity index (χ1n) is 18.5. The van der Waals surface area contributed by atoms with Gasteiger partial charge in [-0.25, -0.2) is 14.4 Å². The number of carbonyl (C=O) groups is 3. The van der Waals surface area contributed by atoms with Crippen molar-refractivity contribution in [2.24, 2.45) is 0 Å². The molecule has 0 aromatic heterocycles. The number of ether oxygens (including phenoxy) is 5. The molecular formula is C42H54O8. The molecule has 0 radical (unpaired) electrons. The number of unbranched alkanes of at least 4 members (excludes halogenated alkanes) is 9. The number of rotatable bonds is 22. The second kappa shape index (κ2) is 21.9. The lowest BCUT2D eigenvalue weighted by Crippen LogP contribution is -2.43. The van der Waals surface area contributed by atoms with Crippen LogP contribution in [0.2, 0.25) is 0 Å². The van der Waals surface area contributed by atoms with E-state index in [0.29, 0.717) is 16.7 Å². The van der Waals surface area contributed by atoms with E-state index < -0.39 is 42.5 Å². The van der Waals surface area contributed by atoms with Gasteiger partial charge in [-0.05, 0) is 49.2 Å². The Morgan fingerprint density at radius 1 is 0.560 bits per heavy atom. The predicted octanol–water partition coefficient (Wildman–Crippen LogP) is 9.52. The van der Waals surface area contributed by atoms with Crippen LogP contribution in [0.1, 0.15) is 128 Å². The maximum Gasteiger partial charge on any atom is 0.338 e. The first-order chi connectivity index (χ1) is 24.5. The molecule has 3 aromatic carbocycles. The largest absolute Gasteiger partial charge is 0.459 e. The fraction of sp³-hybridized carbons (Fsp3) is 0.500. The molecule has 4 rings (SSSR count). The summed E-state index contributed by atoms with van der Waals surface area (Å²) in [6.45, 7) is 4.11. The van der Waals surface area contributed by atoms with Gasteiger partial charge in [0.1, 0.15) is 12.7 Å². The molecule has 0 saturated carbocycles. The highest BCUT2D eigenvalue weighted by molar-refractivity contribution is 5.91. The van der Waals surface area contributed by atoms with E-state index in [4.69, 9.17) is 23.7 Å². The smallest absolute Gasteiger partial charge is 0.338 e. The summed E-state index contributed by atoms with van der Waals surface area (Å²) in [5.74, 6) is -1.76. The van der Waals surface area contributed by atoms with Gasteiger partial charge < -0.3 is 23.7 Å². The number of hydrogen-bond donors (Lipinski definition) is 0. The normalized spacial score (nSPS) is 19.1. The first kappa shape index (κ1) is 38.8. The zero-order valence-corrected chi connectivity index (χ0v) is 29.7. The summed E-state index contributed by atoms with van der Waals surface area (Å²) in [5, 5.41) is 0. The van der Waals surface area contributed by atoms with Crippen molar-refractivity contribution in [3.8, 4) is 0 Å². The van der Waals surface area contributed by atoms with E-state index in [-0.39, 0.29) is 12.7 Å². The second-order valence-corrected chi connectivity index (χ2v) is 13.0. The number of esters is 3. The quantitative estimate of drug-likeness (QED) is 0.0586. The van der Waals surface area contributed by atoms with Gasteiger partial charge in [0.2, 0.25) is 0 Å².